The minimum Gasteiger partial charge on any atom is -0.378 e. The monoisotopic (exact) mass is 403 g/mol. The van der Waals surface area contributed by atoms with Crippen molar-refractivity contribution >= 4 is 22.9 Å². The van der Waals surface area contributed by atoms with Gasteiger partial charge in [-0.3, -0.25) is 0 Å². The average molecular weight is 403 g/mol. The van der Waals surface area contributed by atoms with Gasteiger partial charge in [-0.2, -0.15) is 0 Å². The number of anilines is 1. The predicted octanol–water partition coefficient (Wildman–Crippen LogP) is 2.87. The molecule has 0 aliphatic carbocycles. The molecule has 2 saturated heterocycles. The van der Waals surface area contributed by atoms with E-state index in [9.17, 15) is 4.79 Å². The van der Waals surface area contributed by atoms with Crippen LogP contribution in [-0.4, -0.2) is 78.3 Å². The second-order valence-corrected chi connectivity index (χ2v) is 7.61. The first-order valence-corrected chi connectivity index (χ1v) is 10.5. The molecule has 7 heteroatoms. The molecule has 0 bridgehead atoms. The van der Waals surface area contributed by atoms with E-state index in [1.807, 2.05) is 52.3 Å². The molecular weight excluding hydrogens is 378 g/mol. The predicted molar refractivity (Wildman–Crippen MR) is 117 cm³/mol. The normalized spacial score (nSPS) is 17.4. The molecule has 2 aliphatic rings. The molecule has 0 spiro atoms. The Labute approximate surface area is 175 Å². The minimum atomic E-state index is 0.117. The van der Waals surface area contributed by atoms with Crippen LogP contribution in [0.4, 0.5) is 10.6 Å². The maximum Gasteiger partial charge on any atom is 0.320 e. The Balaban J connectivity index is 1.40. The molecule has 0 unspecified atom stereocenters. The summed E-state index contributed by atoms with van der Waals surface area (Å²) in [6.07, 6.45) is 0. The fourth-order valence-corrected chi connectivity index (χ4v) is 4.07. The van der Waals surface area contributed by atoms with Crippen LogP contribution in [0.1, 0.15) is 0 Å². The Morgan fingerprint density at radius 1 is 0.733 bits per heavy atom. The molecule has 0 N–H and O–H groups in total. The third-order valence-corrected chi connectivity index (χ3v) is 5.73. The van der Waals surface area contributed by atoms with E-state index in [1.165, 1.54) is 0 Å². The zero-order chi connectivity index (χ0) is 20.3. The van der Waals surface area contributed by atoms with Gasteiger partial charge >= 0.3 is 6.03 Å². The van der Waals surface area contributed by atoms with Gasteiger partial charge in [-0.1, -0.05) is 42.5 Å². The van der Waals surface area contributed by atoms with Gasteiger partial charge in [0.2, 0.25) is 0 Å². The topological polar surface area (TPSA) is 61.8 Å². The summed E-state index contributed by atoms with van der Waals surface area (Å²) in [5.74, 6) is 0.887. The van der Waals surface area contributed by atoms with Crippen molar-refractivity contribution in [3.8, 4) is 11.3 Å². The number of carbonyl (C=O) groups excluding carboxylic acids is 1. The van der Waals surface area contributed by atoms with Gasteiger partial charge < -0.3 is 19.4 Å². The number of aromatic nitrogens is 2. The molecular formula is C23H25N5O2. The van der Waals surface area contributed by atoms with E-state index in [4.69, 9.17) is 14.7 Å². The van der Waals surface area contributed by atoms with Crippen LogP contribution in [0.15, 0.2) is 54.6 Å². The minimum absolute atomic E-state index is 0.117. The Kier molecular flexibility index (Phi) is 5.19. The number of amides is 2. The smallest absolute Gasteiger partial charge is 0.320 e. The van der Waals surface area contributed by atoms with E-state index < -0.39 is 0 Å². The fourth-order valence-electron chi connectivity index (χ4n) is 4.07. The number of hydrogen-bond donors (Lipinski definition) is 0. The Bertz CT molecular complexity index is 1030. The van der Waals surface area contributed by atoms with Crippen molar-refractivity contribution in [2.45, 2.75) is 0 Å². The van der Waals surface area contributed by atoms with Gasteiger partial charge in [-0.05, 0) is 12.1 Å². The van der Waals surface area contributed by atoms with E-state index in [2.05, 4.69) is 17.0 Å². The lowest BCUT2D eigenvalue weighted by atomic mass is 10.1. The molecule has 0 saturated carbocycles. The van der Waals surface area contributed by atoms with Crippen LogP contribution in [0, 0.1) is 0 Å². The van der Waals surface area contributed by atoms with Crippen molar-refractivity contribution in [3.05, 3.63) is 54.6 Å². The van der Waals surface area contributed by atoms with Crippen LogP contribution >= 0.6 is 0 Å². The molecule has 3 heterocycles. The van der Waals surface area contributed by atoms with Gasteiger partial charge in [0.15, 0.2) is 5.82 Å². The summed E-state index contributed by atoms with van der Waals surface area (Å²) in [4.78, 5) is 28.8. The molecule has 2 amide bonds. The highest BCUT2D eigenvalue weighted by Crippen LogP contribution is 2.30. The Hall–Kier alpha value is -3.19. The third kappa shape index (κ3) is 3.68. The van der Waals surface area contributed by atoms with Gasteiger partial charge in [0.1, 0.15) is 5.69 Å². The summed E-state index contributed by atoms with van der Waals surface area (Å²) in [5, 5.41) is 0. The number of fused-ring (bicyclic) bond motifs is 1. The quantitative estimate of drug-likeness (QED) is 0.659. The number of morpholine rings is 1. The van der Waals surface area contributed by atoms with Crippen molar-refractivity contribution in [1.82, 2.24) is 19.8 Å². The number of carbonyl (C=O) groups is 1. The molecule has 2 fully saturated rings. The van der Waals surface area contributed by atoms with Gasteiger partial charge in [0, 0.05) is 44.8 Å². The van der Waals surface area contributed by atoms with Crippen molar-refractivity contribution in [2.24, 2.45) is 0 Å². The number of nitrogens with zero attached hydrogens (tertiary/aromatic N) is 5. The maximum absolute atomic E-state index is 12.8. The molecule has 0 radical (unpaired) electrons. The Morgan fingerprint density at radius 3 is 2.03 bits per heavy atom. The summed E-state index contributed by atoms with van der Waals surface area (Å²) < 4.78 is 5.37. The molecule has 2 aliphatic heterocycles. The molecule has 1 aromatic heterocycles. The largest absolute Gasteiger partial charge is 0.378 e. The van der Waals surface area contributed by atoms with E-state index in [0.717, 1.165) is 41.2 Å². The van der Waals surface area contributed by atoms with Crippen molar-refractivity contribution in [1.29, 1.82) is 0 Å². The maximum atomic E-state index is 12.8. The van der Waals surface area contributed by atoms with E-state index in [0.29, 0.717) is 39.4 Å². The molecule has 2 aromatic carbocycles. The van der Waals surface area contributed by atoms with Crippen LogP contribution in [0.2, 0.25) is 0 Å². The molecule has 7 nitrogen and oxygen atoms in total. The second kappa shape index (κ2) is 8.28. The fraction of sp³-hybridized carbons (Fsp3) is 0.348. The van der Waals surface area contributed by atoms with Crippen molar-refractivity contribution < 1.29 is 9.53 Å². The van der Waals surface area contributed by atoms with Crippen LogP contribution in [0.5, 0.6) is 0 Å². The first kappa shape index (κ1) is 18.8. The highest BCUT2D eigenvalue weighted by Gasteiger charge is 2.28. The summed E-state index contributed by atoms with van der Waals surface area (Å²) in [6.45, 7) is 5.43. The lowest BCUT2D eigenvalue weighted by Gasteiger charge is -2.39. The van der Waals surface area contributed by atoms with E-state index in [1.54, 1.807) is 0 Å². The summed E-state index contributed by atoms with van der Waals surface area (Å²) in [6, 6.07) is 18.3. The number of urea groups is 1. The standard InChI is InChI=1S/C23H25N5O2/c29-23(28-14-16-30-17-15-28)27-12-10-26(11-13-27)22-21(18-6-2-1-3-7-18)24-19-8-4-5-9-20(19)25-22/h1-9H,10-17H2. The van der Waals surface area contributed by atoms with Gasteiger partial charge in [-0.25, -0.2) is 14.8 Å². The molecule has 154 valence electrons. The molecule has 3 aromatic rings. The van der Waals surface area contributed by atoms with Crippen molar-refractivity contribution in [3.63, 3.8) is 0 Å². The number of benzene rings is 2. The zero-order valence-corrected chi connectivity index (χ0v) is 16.9. The summed E-state index contributed by atoms with van der Waals surface area (Å²) >= 11 is 0. The average Bonchev–Trinajstić information content (AvgIpc) is 2.84. The lowest BCUT2D eigenvalue weighted by molar-refractivity contribution is 0.0428. The highest BCUT2D eigenvalue weighted by atomic mass is 16.5. The molecule has 0 atom stereocenters. The van der Waals surface area contributed by atoms with Gasteiger partial charge in [-0.15, -0.1) is 0 Å². The lowest BCUT2D eigenvalue weighted by Crippen LogP contribution is -2.55. The summed E-state index contributed by atoms with van der Waals surface area (Å²) in [5.41, 5.74) is 3.72. The SMILES string of the molecule is O=C(N1CCOCC1)N1CCN(c2nc3ccccc3nc2-c2ccccc2)CC1. The molecule has 5 rings (SSSR count). The number of ether oxygens (including phenoxy) is 1. The van der Waals surface area contributed by atoms with E-state index >= 15 is 0 Å². The first-order chi connectivity index (χ1) is 14.8. The zero-order valence-electron chi connectivity index (χ0n) is 16.9. The molecule has 30 heavy (non-hydrogen) atoms. The number of hydrogen-bond acceptors (Lipinski definition) is 5. The number of piperazine rings is 1. The highest BCUT2D eigenvalue weighted by molar-refractivity contribution is 5.83. The van der Waals surface area contributed by atoms with E-state index in [-0.39, 0.29) is 6.03 Å². The van der Waals surface area contributed by atoms with Crippen LogP contribution < -0.4 is 4.90 Å². The number of para-hydroxylation sites is 2. The van der Waals surface area contributed by atoms with Crippen molar-refractivity contribution in [2.75, 3.05) is 57.4 Å². The van der Waals surface area contributed by atoms with Gasteiger partial charge in [0.25, 0.3) is 0 Å². The Morgan fingerprint density at radius 2 is 1.33 bits per heavy atom. The second-order valence-electron chi connectivity index (χ2n) is 7.61. The first-order valence-electron chi connectivity index (χ1n) is 10.5. The van der Waals surface area contributed by atoms with Crippen LogP contribution in [0.3, 0.4) is 0 Å². The number of rotatable bonds is 2. The summed E-state index contributed by atoms with van der Waals surface area (Å²) in [7, 11) is 0. The van der Waals surface area contributed by atoms with Crippen LogP contribution in [-0.2, 0) is 4.74 Å². The third-order valence-electron chi connectivity index (χ3n) is 5.73. The van der Waals surface area contributed by atoms with Gasteiger partial charge in [0.05, 0.1) is 24.2 Å². The van der Waals surface area contributed by atoms with Crippen LogP contribution in [0.25, 0.3) is 22.3 Å².